The molecule has 0 bridgehead atoms. The molecule has 2 N–H and O–H groups in total. The van der Waals surface area contributed by atoms with Gasteiger partial charge in [-0.2, -0.15) is 4.98 Å². The third kappa shape index (κ3) is 3.71. The van der Waals surface area contributed by atoms with Gasteiger partial charge in [-0.3, -0.25) is 10.1 Å². The number of fused-ring (bicyclic) bond motifs is 1. The van der Waals surface area contributed by atoms with Crippen molar-refractivity contribution in [3.8, 4) is 0 Å². The van der Waals surface area contributed by atoms with Crippen LogP contribution in [0.25, 0.3) is 11.1 Å². The van der Waals surface area contributed by atoms with Gasteiger partial charge in [0.2, 0.25) is 5.96 Å². The zero-order chi connectivity index (χ0) is 21.2. The van der Waals surface area contributed by atoms with Crippen LogP contribution in [-0.4, -0.2) is 16.7 Å². The Hall–Kier alpha value is -4.19. The van der Waals surface area contributed by atoms with Crippen molar-refractivity contribution in [2.45, 2.75) is 13.0 Å². The summed E-state index contributed by atoms with van der Waals surface area (Å²) >= 11 is 0. The first kappa shape index (κ1) is 18.8. The van der Waals surface area contributed by atoms with Crippen molar-refractivity contribution in [1.82, 2.24) is 10.3 Å². The molecule has 1 aromatic heterocycles. The second-order valence-electron chi connectivity index (χ2n) is 7.26. The molecule has 31 heavy (non-hydrogen) atoms. The predicted molar refractivity (Wildman–Crippen MR) is 121 cm³/mol. The van der Waals surface area contributed by atoms with E-state index in [9.17, 15) is 4.79 Å². The molecule has 0 amide bonds. The Morgan fingerprint density at radius 3 is 2.35 bits per heavy atom. The second-order valence-corrected chi connectivity index (χ2v) is 7.26. The minimum atomic E-state index is -0.456. The number of allylic oxidation sites excluding steroid dienone is 1. The Labute approximate surface area is 179 Å². The maximum atomic E-state index is 13.4. The van der Waals surface area contributed by atoms with Crippen molar-refractivity contribution in [2.75, 3.05) is 5.32 Å². The van der Waals surface area contributed by atoms with Crippen LogP contribution >= 0.6 is 0 Å². The molecule has 1 unspecified atom stereocenters. The van der Waals surface area contributed by atoms with Gasteiger partial charge in [-0.25, -0.2) is 4.99 Å². The number of anilines is 1. The Morgan fingerprint density at radius 2 is 1.61 bits per heavy atom. The summed E-state index contributed by atoms with van der Waals surface area (Å²) in [4.78, 5) is 22.6. The highest BCUT2D eigenvalue weighted by Crippen LogP contribution is 2.33. The first-order valence-electron chi connectivity index (χ1n) is 10.0. The Bertz CT molecular complexity index is 1270. The molecule has 1 aliphatic heterocycles. The van der Waals surface area contributed by atoms with Gasteiger partial charge in [0.1, 0.15) is 11.6 Å². The number of Topliss-reactive ketones (excluding diaryl/α,β-unsaturated/α-hetero) is 1. The van der Waals surface area contributed by atoms with Gasteiger partial charge in [-0.05, 0) is 24.6 Å². The Morgan fingerprint density at radius 1 is 0.935 bits per heavy atom. The van der Waals surface area contributed by atoms with Gasteiger partial charge in [0.25, 0.3) is 0 Å². The number of ketones is 1. The van der Waals surface area contributed by atoms with Crippen LogP contribution in [0.1, 0.15) is 28.9 Å². The van der Waals surface area contributed by atoms with E-state index in [1.54, 1.807) is 0 Å². The van der Waals surface area contributed by atoms with Gasteiger partial charge >= 0.3 is 6.01 Å². The van der Waals surface area contributed by atoms with Crippen molar-refractivity contribution in [1.29, 1.82) is 0 Å². The Kier molecular flexibility index (Phi) is 4.80. The highest BCUT2D eigenvalue weighted by Gasteiger charge is 2.30. The van der Waals surface area contributed by atoms with Crippen molar-refractivity contribution in [3.05, 3.63) is 107 Å². The third-order valence-electron chi connectivity index (χ3n) is 5.16. The summed E-state index contributed by atoms with van der Waals surface area (Å²) in [5.74, 6) is 0.423. The minimum Gasteiger partial charge on any atom is -0.423 e. The number of hydrogen-bond acceptors (Lipinski definition) is 6. The van der Waals surface area contributed by atoms with Gasteiger partial charge in [-0.1, -0.05) is 72.8 Å². The zero-order valence-corrected chi connectivity index (χ0v) is 16.9. The largest absolute Gasteiger partial charge is 0.423 e. The molecule has 5 rings (SSSR count). The number of oxazole rings is 1. The highest BCUT2D eigenvalue weighted by atomic mass is 16.4. The molecule has 0 aliphatic carbocycles. The van der Waals surface area contributed by atoms with Gasteiger partial charge in [0.05, 0.1) is 0 Å². The SMILES string of the molecule is CC1=C(C(=O)c2ccccc2)C(c2ccccc2)N=C(Nc2nc3ccccc3o2)N1. The lowest BCUT2D eigenvalue weighted by Gasteiger charge is -2.26. The first-order chi connectivity index (χ1) is 15.2. The van der Waals surface area contributed by atoms with Gasteiger partial charge in [0, 0.05) is 16.8 Å². The van der Waals surface area contributed by atoms with E-state index in [2.05, 4.69) is 15.6 Å². The zero-order valence-electron chi connectivity index (χ0n) is 16.9. The van der Waals surface area contributed by atoms with Crippen LogP contribution in [0.3, 0.4) is 0 Å². The van der Waals surface area contributed by atoms with E-state index >= 15 is 0 Å². The van der Waals surface area contributed by atoms with Crippen molar-refractivity contribution in [3.63, 3.8) is 0 Å². The summed E-state index contributed by atoms with van der Waals surface area (Å²) in [7, 11) is 0. The molecule has 0 saturated carbocycles. The summed E-state index contributed by atoms with van der Waals surface area (Å²) in [5, 5.41) is 6.32. The molecule has 0 fully saturated rings. The number of aliphatic imine (C=N–C) groups is 1. The van der Waals surface area contributed by atoms with E-state index < -0.39 is 6.04 Å². The summed E-state index contributed by atoms with van der Waals surface area (Å²) in [6.07, 6.45) is 0. The van der Waals surface area contributed by atoms with E-state index in [4.69, 9.17) is 9.41 Å². The van der Waals surface area contributed by atoms with E-state index in [1.165, 1.54) is 0 Å². The van der Waals surface area contributed by atoms with Gasteiger partial charge in [0.15, 0.2) is 11.4 Å². The molecule has 6 nitrogen and oxygen atoms in total. The second kappa shape index (κ2) is 7.91. The fourth-order valence-electron chi connectivity index (χ4n) is 3.68. The molecule has 4 aromatic rings. The van der Waals surface area contributed by atoms with Crippen molar-refractivity contribution >= 4 is 28.9 Å². The number of benzene rings is 3. The van der Waals surface area contributed by atoms with E-state index in [0.29, 0.717) is 28.7 Å². The maximum absolute atomic E-state index is 13.4. The standard InChI is InChI=1S/C25H20N4O2/c1-16-21(23(30)18-12-6-3-7-13-18)22(17-10-4-2-5-11-17)28-24(26-16)29-25-27-19-14-8-9-15-20(19)31-25/h2-15,22H,1H3,(H2,26,27,28,29). The number of para-hydroxylation sites is 2. The van der Waals surface area contributed by atoms with E-state index in [-0.39, 0.29) is 5.78 Å². The van der Waals surface area contributed by atoms with Crippen LogP contribution < -0.4 is 10.6 Å². The lowest BCUT2D eigenvalue weighted by molar-refractivity contribution is 0.102. The molecule has 1 aliphatic rings. The van der Waals surface area contributed by atoms with Crippen LogP contribution in [0.2, 0.25) is 0 Å². The molecule has 1 atom stereocenters. The molecular formula is C25H20N4O2. The molecule has 152 valence electrons. The number of rotatable bonds is 4. The molecule has 2 heterocycles. The van der Waals surface area contributed by atoms with E-state index in [1.807, 2.05) is 91.9 Å². The number of nitrogens with one attached hydrogen (secondary N) is 2. The number of nitrogens with zero attached hydrogens (tertiary/aromatic N) is 2. The van der Waals surface area contributed by atoms with Crippen molar-refractivity contribution < 1.29 is 9.21 Å². The predicted octanol–water partition coefficient (Wildman–Crippen LogP) is 5.10. The minimum absolute atomic E-state index is 0.0517. The van der Waals surface area contributed by atoms with Crippen LogP contribution in [0.4, 0.5) is 6.01 Å². The first-order valence-corrected chi connectivity index (χ1v) is 10.0. The lowest BCUT2D eigenvalue weighted by Crippen LogP contribution is -2.36. The average molecular weight is 408 g/mol. The van der Waals surface area contributed by atoms with Crippen LogP contribution in [-0.2, 0) is 0 Å². The molecule has 0 spiro atoms. The van der Waals surface area contributed by atoms with E-state index in [0.717, 1.165) is 16.8 Å². The number of carbonyl (C=O) groups is 1. The van der Waals surface area contributed by atoms with Crippen LogP contribution in [0, 0.1) is 0 Å². The van der Waals surface area contributed by atoms with Gasteiger partial charge < -0.3 is 9.73 Å². The molecule has 0 saturated heterocycles. The molecule has 3 aromatic carbocycles. The average Bonchev–Trinajstić information content (AvgIpc) is 3.22. The van der Waals surface area contributed by atoms with Crippen molar-refractivity contribution in [2.24, 2.45) is 4.99 Å². The van der Waals surface area contributed by atoms with Crippen LogP contribution in [0.15, 0.2) is 106 Å². The molecular weight excluding hydrogens is 388 g/mol. The smallest absolute Gasteiger partial charge is 0.302 e. The van der Waals surface area contributed by atoms with Crippen LogP contribution in [0.5, 0.6) is 0 Å². The summed E-state index contributed by atoms with van der Waals surface area (Å²) in [6.45, 7) is 1.88. The molecule has 0 radical (unpaired) electrons. The third-order valence-corrected chi connectivity index (χ3v) is 5.16. The Balaban J connectivity index is 1.52. The summed E-state index contributed by atoms with van der Waals surface area (Å²) in [6, 6.07) is 26.5. The fourth-order valence-corrected chi connectivity index (χ4v) is 3.68. The quantitative estimate of drug-likeness (QED) is 0.460. The summed E-state index contributed by atoms with van der Waals surface area (Å²) < 4.78 is 5.76. The maximum Gasteiger partial charge on any atom is 0.302 e. The lowest BCUT2D eigenvalue weighted by atomic mass is 9.90. The number of guanidine groups is 1. The molecule has 6 heteroatoms. The number of hydrogen-bond donors (Lipinski definition) is 2. The number of carbonyl (C=O) groups excluding carboxylic acids is 1. The highest BCUT2D eigenvalue weighted by molar-refractivity contribution is 6.11. The number of aromatic nitrogens is 1. The summed E-state index contributed by atoms with van der Waals surface area (Å²) in [5.41, 5.74) is 4.35. The monoisotopic (exact) mass is 408 g/mol. The normalized spacial score (nSPS) is 16.0. The van der Waals surface area contributed by atoms with Gasteiger partial charge in [-0.15, -0.1) is 0 Å². The topological polar surface area (TPSA) is 79.5 Å². The fraction of sp³-hybridized carbons (Fsp3) is 0.0800.